The van der Waals surface area contributed by atoms with Gasteiger partial charge in [-0.15, -0.1) is 0 Å². The van der Waals surface area contributed by atoms with Crippen LogP contribution in [0, 0.1) is 0 Å². The summed E-state index contributed by atoms with van der Waals surface area (Å²) in [7, 11) is 0. The lowest BCUT2D eigenvalue weighted by Crippen LogP contribution is -2.34. The van der Waals surface area contributed by atoms with Crippen molar-refractivity contribution in [1.82, 2.24) is 4.90 Å². The minimum atomic E-state index is -0.550. The van der Waals surface area contributed by atoms with Gasteiger partial charge in [0.15, 0.2) is 11.5 Å². The summed E-state index contributed by atoms with van der Waals surface area (Å²) in [5.41, 5.74) is 2.81. The molecule has 0 saturated carbocycles. The maximum atomic E-state index is 13.1. The number of ether oxygens (including phenoxy) is 3. The van der Waals surface area contributed by atoms with Gasteiger partial charge in [-0.1, -0.05) is 66.7 Å². The molecule has 1 heterocycles. The van der Waals surface area contributed by atoms with Gasteiger partial charge >= 0.3 is 5.97 Å². The van der Waals surface area contributed by atoms with E-state index in [1.165, 1.54) is 11.1 Å². The van der Waals surface area contributed by atoms with Gasteiger partial charge in [0.25, 0.3) is 0 Å². The van der Waals surface area contributed by atoms with Crippen molar-refractivity contribution in [3.63, 3.8) is 0 Å². The van der Waals surface area contributed by atoms with Crippen molar-refractivity contribution in [1.29, 1.82) is 0 Å². The van der Waals surface area contributed by atoms with Crippen molar-refractivity contribution in [3.05, 3.63) is 95.6 Å². The third kappa shape index (κ3) is 5.97. The highest BCUT2D eigenvalue weighted by atomic mass is 16.7. The molecule has 0 spiro atoms. The monoisotopic (exact) mass is 459 g/mol. The van der Waals surface area contributed by atoms with Crippen LogP contribution in [0.25, 0.3) is 0 Å². The number of carbonyl (C=O) groups is 1. The first-order chi connectivity index (χ1) is 16.3. The van der Waals surface area contributed by atoms with Crippen molar-refractivity contribution in [3.8, 4) is 11.5 Å². The van der Waals surface area contributed by atoms with Gasteiger partial charge in [0.2, 0.25) is 6.79 Å². The molecule has 1 aliphatic heterocycles. The molecule has 0 aliphatic carbocycles. The summed E-state index contributed by atoms with van der Waals surface area (Å²) in [6.07, 6.45) is 0.223. The van der Waals surface area contributed by atoms with Crippen LogP contribution in [0.5, 0.6) is 11.5 Å². The van der Waals surface area contributed by atoms with Gasteiger partial charge in [-0.25, -0.2) is 0 Å². The molecule has 0 saturated heterocycles. The quantitative estimate of drug-likeness (QED) is 0.362. The summed E-state index contributed by atoms with van der Waals surface area (Å²) in [5.74, 6) is 1.21. The summed E-state index contributed by atoms with van der Waals surface area (Å²) in [5, 5.41) is 0. The number of esters is 1. The topological polar surface area (TPSA) is 48.0 Å². The molecule has 0 amide bonds. The SMILES string of the molecule is C[C@H](c1ccccc1)N(Cc1ccccc1)C(CC(=O)OC(C)(C)C)c1ccc2c(c1)OCO2. The van der Waals surface area contributed by atoms with E-state index >= 15 is 0 Å². The van der Waals surface area contributed by atoms with E-state index < -0.39 is 5.60 Å². The first-order valence-electron chi connectivity index (χ1n) is 11.8. The van der Waals surface area contributed by atoms with Crippen LogP contribution >= 0.6 is 0 Å². The number of benzene rings is 3. The molecule has 0 fully saturated rings. The lowest BCUT2D eigenvalue weighted by Gasteiger charge is -2.37. The molecule has 5 nitrogen and oxygen atoms in total. The van der Waals surface area contributed by atoms with Crippen LogP contribution in [0.15, 0.2) is 78.9 Å². The van der Waals surface area contributed by atoms with E-state index in [2.05, 4.69) is 48.2 Å². The minimum Gasteiger partial charge on any atom is -0.460 e. The highest BCUT2D eigenvalue weighted by molar-refractivity contribution is 5.71. The molecule has 0 radical (unpaired) electrons. The van der Waals surface area contributed by atoms with Gasteiger partial charge in [-0.05, 0) is 56.5 Å². The Labute approximate surface area is 202 Å². The van der Waals surface area contributed by atoms with Crippen LogP contribution in [0.4, 0.5) is 0 Å². The third-order valence-electron chi connectivity index (χ3n) is 5.95. The number of carbonyl (C=O) groups excluding carboxylic acids is 1. The van der Waals surface area contributed by atoms with Crippen molar-refractivity contribution in [2.75, 3.05) is 6.79 Å². The fourth-order valence-electron chi connectivity index (χ4n) is 4.32. The van der Waals surface area contributed by atoms with Crippen molar-refractivity contribution < 1.29 is 19.0 Å². The molecule has 2 atom stereocenters. The average molecular weight is 460 g/mol. The number of nitrogens with zero attached hydrogens (tertiary/aromatic N) is 1. The first-order valence-corrected chi connectivity index (χ1v) is 11.8. The summed E-state index contributed by atoms with van der Waals surface area (Å²) in [6, 6.07) is 26.5. The summed E-state index contributed by atoms with van der Waals surface area (Å²) in [4.78, 5) is 15.5. The summed E-state index contributed by atoms with van der Waals surface area (Å²) >= 11 is 0. The maximum absolute atomic E-state index is 13.1. The second-order valence-corrected chi connectivity index (χ2v) is 9.66. The molecule has 34 heavy (non-hydrogen) atoms. The van der Waals surface area contributed by atoms with Crippen LogP contribution in [0.1, 0.15) is 62.9 Å². The van der Waals surface area contributed by atoms with Crippen LogP contribution in [-0.4, -0.2) is 23.3 Å². The molecule has 0 bridgehead atoms. The highest BCUT2D eigenvalue weighted by Gasteiger charge is 2.31. The smallest absolute Gasteiger partial charge is 0.308 e. The minimum absolute atomic E-state index is 0.0549. The fourth-order valence-corrected chi connectivity index (χ4v) is 4.32. The van der Waals surface area contributed by atoms with Crippen LogP contribution in [0.2, 0.25) is 0 Å². The Morgan fingerprint density at radius 2 is 1.56 bits per heavy atom. The number of rotatable bonds is 8. The van der Waals surface area contributed by atoms with E-state index in [0.29, 0.717) is 12.3 Å². The van der Waals surface area contributed by atoms with Gasteiger partial charge in [0.05, 0.1) is 6.42 Å². The lowest BCUT2D eigenvalue weighted by molar-refractivity contribution is -0.156. The lowest BCUT2D eigenvalue weighted by atomic mass is 9.96. The Hall–Kier alpha value is -3.31. The van der Waals surface area contributed by atoms with Gasteiger partial charge < -0.3 is 14.2 Å². The number of hydrogen-bond acceptors (Lipinski definition) is 5. The van der Waals surface area contributed by atoms with E-state index in [0.717, 1.165) is 11.3 Å². The predicted octanol–water partition coefficient (Wildman–Crippen LogP) is 6.45. The Morgan fingerprint density at radius 3 is 2.24 bits per heavy atom. The van der Waals surface area contributed by atoms with E-state index in [1.54, 1.807) is 0 Å². The molecule has 5 heteroatoms. The zero-order chi connectivity index (χ0) is 24.1. The summed E-state index contributed by atoms with van der Waals surface area (Å²) in [6.45, 7) is 8.77. The predicted molar refractivity (Wildman–Crippen MR) is 133 cm³/mol. The molecule has 4 rings (SSSR count). The van der Waals surface area contributed by atoms with E-state index in [9.17, 15) is 4.79 Å². The van der Waals surface area contributed by atoms with Gasteiger partial charge in [0, 0.05) is 18.6 Å². The molecule has 0 N–H and O–H groups in total. The number of fused-ring (bicyclic) bond motifs is 1. The zero-order valence-corrected chi connectivity index (χ0v) is 20.4. The molecular formula is C29H33NO4. The van der Waals surface area contributed by atoms with E-state index in [-0.39, 0.29) is 31.3 Å². The maximum Gasteiger partial charge on any atom is 0.308 e. The molecule has 178 valence electrons. The molecule has 3 aromatic rings. The zero-order valence-electron chi connectivity index (χ0n) is 20.4. The third-order valence-corrected chi connectivity index (χ3v) is 5.95. The Balaban J connectivity index is 1.75. The largest absolute Gasteiger partial charge is 0.460 e. The molecule has 1 unspecified atom stereocenters. The van der Waals surface area contributed by atoms with Gasteiger partial charge in [-0.3, -0.25) is 9.69 Å². The van der Waals surface area contributed by atoms with Crippen molar-refractivity contribution in [2.45, 2.75) is 58.3 Å². The normalized spacial score (nSPS) is 14.6. The van der Waals surface area contributed by atoms with Crippen LogP contribution in [0.3, 0.4) is 0 Å². The number of hydrogen-bond donors (Lipinski definition) is 0. The molecule has 1 aliphatic rings. The molecule has 3 aromatic carbocycles. The summed E-state index contributed by atoms with van der Waals surface area (Å²) < 4.78 is 16.9. The van der Waals surface area contributed by atoms with Crippen molar-refractivity contribution >= 4 is 5.97 Å². The Bertz CT molecular complexity index is 1090. The fraction of sp³-hybridized carbons (Fsp3) is 0.345. The van der Waals surface area contributed by atoms with E-state index in [4.69, 9.17) is 14.2 Å². The Kier molecular flexibility index (Phi) is 7.23. The Morgan fingerprint density at radius 1 is 0.912 bits per heavy atom. The highest BCUT2D eigenvalue weighted by Crippen LogP contribution is 2.40. The molecular weight excluding hydrogens is 426 g/mol. The van der Waals surface area contributed by atoms with Crippen LogP contribution < -0.4 is 9.47 Å². The van der Waals surface area contributed by atoms with Gasteiger partial charge in [-0.2, -0.15) is 0 Å². The average Bonchev–Trinajstić information content (AvgIpc) is 3.29. The van der Waals surface area contributed by atoms with Gasteiger partial charge in [0.1, 0.15) is 5.60 Å². The van der Waals surface area contributed by atoms with Crippen molar-refractivity contribution in [2.24, 2.45) is 0 Å². The second-order valence-electron chi connectivity index (χ2n) is 9.66. The molecule has 0 aromatic heterocycles. The standard InChI is InChI=1S/C29H33NO4/c1-21(23-13-9-6-10-14-23)30(19-22-11-7-5-8-12-22)25(18-28(31)34-29(2,3)4)24-15-16-26-27(17-24)33-20-32-26/h5-17,21,25H,18-20H2,1-4H3/t21-,25?/m1/s1. The van der Waals surface area contributed by atoms with Crippen LogP contribution in [-0.2, 0) is 16.1 Å². The van der Waals surface area contributed by atoms with E-state index in [1.807, 2.05) is 63.2 Å². The second kappa shape index (κ2) is 10.3. The first kappa shape index (κ1) is 23.8.